The van der Waals surface area contributed by atoms with E-state index in [1.54, 1.807) is 28.0 Å². The Morgan fingerprint density at radius 3 is 2.50 bits per heavy atom. The van der Waals surface area contributed by atoms with E-state index in [0.29, 0.717) is 25.3 Å². The van der Waals surface area contributed by atoms with Crippen LogP contribution in [0.15, 0.2) is 36.9 Å². The van der Waals surface area contributed by atoms with Gasteiger partial charge >= 0.3 is 11.8 Å². The van der Waals surface area contributed by atoms with Gasteiger partial charge in [0.25, 0.3) is 0 Å². The van der Waals surface area contributed by atoms with E-state index in [4.69, 9.17) is 0 Å². The Morgan fingerprint density at radius 2 is 1.86 bits per heavy atom. The van der Waals surface area contributed by atoms with Gasteiger partial charge < -0.3 is 10.2 Å². The van der Waals surface area contributed by atoms with Gasteiger partial charge in [-0.15, -0.1) is 0 Å². The summed E-state index contributed by atoms with van der Waals surface area (Å²) in [4.78, 5) is 29.3. The largest absolute Gasteiger partial charge is 0.334 e. The molecule has 0 radical (unpaired) electrons. The monoisotopic (exact) mass is 299 g/mol. The lowest BCUT2D eigenvalue weighted by Gasteiger charge is -2.14. The number of nitrogens with one attached hydrogen (secondary N) is 1. The first kappa shape index (κ1) is 14.2. The number of nitrogens with zero attached hydrogens (tertiary/aromatic N) is 4. The Balaban J connectivity index is 1.58. The molecule has 1 fully saturated rings. The molecule has 1 aliphatic heterocycles. The Morgan fingerprint density at radius 1 is 1.14 bits per heavy atom. The Kier molecular flexibility index (Phi) is 4.13. The van der Waals surface area contributed by atoms with E-state index in [1.807, 2.05) is 12.1 Å². The molecule has 1 aromatic heterocycles. The molecule has 0 bridgehead atoms. The number of rotatable bonds is 3. The van der Waals surface area contributed by atoms with Crippen LogP contribution in [-0.2, 0) is 16.1 Å². The van der Waals surface area contributed by atoms with Gasteiger partial charge in [0, 0.05) is 18.8 Å². The zero-order chi connectivity index (χ0) is 15.4. The normalized spacial score (nSPS) is 14.1. The fourth-order valence-electron chi connectivity index (χ4n) is 2.44. The van der Waals surface area contributed by atoms with E-state index in [9.17, 15) is 9.59 Å². The topological polar surface area (TPSA) is 80.1 Å². The maximum absolute atomic E-state index is 11.9. The second kappa shape index (κ2) is 6.38. The molecule has 2 aromatic rings. The highest BCUT2D eigenvalue weighted by atomic mass is 16.2. The number of anilines is 1. The number of aromatic nitrogens is 3. The van der Waals surface area contributed by atoms with E-state index in [2.05, 4.69) is 15.4 Å². The van der Waals surface area contributed by atoms with E-state index < -0.39 is 11.8 Å². The molecule has 1 aliphatic rings. The van der Waals surface area contributed by atoms with Crippen LogP contribution < -0.4 is 5.32 Å². The second-order valence-corrected chi connectivity index (χ2v) is 5.24. The van der Waals surface area contributed by atoms with E-state index in [1.165, 1.54) is 6.33 Å². The summed E-state index contributed by atoms with van der Waals surface area (Å²) in [5.41, 5.74) is 1.65. The van der Waals surface area contributed by atoms with Crippen molar-refractivity contribution in [1.29, 1.82) is 0 Å². The van der Waals surface area contributed by atoms with Crippen LogP contribution in [0.5, 0.6) is 0 Å². The van der Waals surface area contributed by atoms with Crippen molar-refractivity contribution in [3.05, 3.63) is 42.5 Å². The molecule has 7 heteroatoms. The third-order valence-corrected chi connectivity index (χ3v) is 3.61. The molecule has 2 heterocycles. The standard InChI is InChI=1S/C15H17N5O2/c21-14(15(22)19-7-1-2-8-19)18-13-5-3-12(4-6-13)9-20-11-16-10-17-20/h3-6,10-11H,1-2,7-9H2,(H,18,21). The van der Waals surface area contributed by atoms with Gasteiger partial charge in [0.05, 0.1) is 6.54 Å². The molecule has 0 saturated carbocycles. The molecular weight excluding hydrogens is 282 g/mol. The van der Waals surface area contributed by atoms with Crippen LogP contribution in [0.2, 0.25) is 0 Å². The fourth-order valence-corrected chi connectivity index (χ4v) is 2.44. The van der Waals surface area contributed by atoms with Crippen LogP contribution in [0.1, 0.15) is 18.4 Å². The van der Waals surface area contributed by atoms with Crippen molar-refractivity contribution in [3.8, 4) is 0 Å². The predicted molar refractivity (Wildman–Crippen MR) is 80.0 cm³/mol. The van der Waals surface area contributed by atoms with Gasteiger partial charge in [-0.2, -0.15) is 5.10 Å². The van der Waals surface area contributed by atoms with Crippen molar-refractivity contribution in [2.75, 3.05) is 18.4 Å². The van der Waals surface area contributed by atoms with Crippen molar-refractivity contribution in [2.24, 2.45) is 0 Å². The van der Waals surface area contributed by atoms with Gasteiger partial charge in [-0.3, -0.25) is 9.59 Å². The molecule has 114 valence electrons. The molecule has 1 aromatic carbocycles. The van der Waals surface area contributed by atoms with Crippen molar-refractivity contribution >= 4 is 17.5 Å². The summed E-state index contributed by atoms with van der Waals surface area (Å²) in [6.07, 6.45) is 5.06. The number of carbonyl (C=O) groups is 2. The van der Waals surface area contributed by atoms with Gasteiger partial charge in [0.1, 0.15) is 12.7 Å². The van der Waals surface area contributed by atoms with Gasteiger partial charge in [-0.25, -0.2) is 9.67 Å². The summed E-state index contributed by atoms with van der Waals surface area (Å²) in [6.45, 7) is 1.95. The molecule has 0 spiro atoms. The minimum absolute atomic E-state index is 0.454. The lowest BCUT2D eigenvalue weighted by molar-refractivity contribution is -0.142. The molecule has 1 saturated heterocycles. The first-order valence-corrected chi connectivity index (χ1v) is 7.24. The van der Waals surface area contributed by atoms with Crippen LogP contribution in [0.4, 0.5) is 5.69 Å². The third-order valence-electron chi connectivity index (χ3n) is 3.61. The Hall–Kier alpha value is -2.70. The van der Waals surface area contributed by atoms with Crippen molar-refractivity contribution in [1.82, 2.24) is 19.7 Å². The number of amides is 2. The molecule has 1 N–H and O–H groups in total. The van der Waals surface area contributed by atoms with Crippen LogP contribution in [0, 0.1) is 0 Å². The summed E-state index contributed by atoms with van der Waals surface area (Å²) in [5.74, 6) is -1.03. The number of carbonyl (C=O) groups excluding carboxylic acids is 2. The van der Waals surface area contributed by atoms with Gasteiger partial charge in [-0.05, 0) is 30.5 Å². The van der Waals surface area contributed by atoms with E-state index in [-0.39, 0.29) is 0 Å². The lowest BCUT2D eigenvalue weighted by atomic mass is 10.2. The van der Waals surface area contributed by atoms with E-state index >= 15 is 0 Å². The smallest absolute Gasteiger partial charge is 0.313 e. The summed E-state index contributed by atoms with van der Waals surface area (Å²) >= 11 is 0. The predicted octanol–water partition coefficient (Wildman–Crippen LogP) is 0.887. The first-order chi connectivity index (χ1) is 10.7. The average Bonchev–Trinajstić information content (AvgIpc) is 3.21. The molecule has 0 unspecified atom stereocenters. The minimum atomic E-state index is -0.578. The molecule has 2 amide bonds. The minimum Gasteiger partial charge on any atom is -0.334 e. The fraction of sp³-hybridized carbons (Fsp3) is 0.333. The number of likely N-dealkylation sites (tertiary alicyclic amines) is 1. The Labute approximate surface area is 127 Å². The highest BCUT2D eigenvalue weighted by Gasteiger charge is 2.24. The SMILES string of the molecule is O=C(Nc1ccc(Cn2cncn2)cc1)C(=O)N1CCCC1. The molecule has 7 nitrogen and oxygen atoms in total. The van der Waals surface area contributed by atoms with Crippen LogP contribution in [-0.4, -0.2) is 44.6 Å². The molecular formula is C15H17N5O2. The van der Waals surface area contributed by atoms with Gasteiger partial charge in [0.2, 0.25) is 0 Å². The summed E-state index contributed by atoms with van der Waals surface area (Å²) < 4.78 is 1.71. The van der Waals surface area contributed by atoms with Crippen LogP contribution >= 0.6 is 0 Å². The maximum atomic E-state index is 11.9. The zero-order valence-electron chi connectivity index (χ0n) is 12.1. The summed E-state index contributed by atoms with van der Waals surface area (Å²) in [7, 11) is 0. The molecule has 22 heavy (non-hydrogen) atoms. The molecule has 0 atom stereocenters. The van der Waals surface area contributed by atoms with Crippen LogP contribution in [0.3, 0.4) is 0 Å². The Bertz CT molecular complexity index is 645. The van der Waals surface area contributed by atoms with Crippen LogP contribution in [0.25, 0.3) is 0 Å². The molecule has 0 aliphatic carbocycles. The lowest BCUT2D eigenvalue weighted by Crippen LogP contribution is -2.37. The third kappa shape index (κ3) is 3.30. The summed E-state index contributed by atoms with van der Waals surface area (Å²) in [6, 6.07) is 7.33. The second-order valence-electron chi connectivity index (χ2n) is 5.24. The number of hydrogen-bond acceptors (Lipinski definition) is 4. The maximum Gasteiger partial charge on any atom is 0.313 e. The van der Waals surface area contributed by atoms with E-state index in [0.717, 1.165) is 18.4 Å². The van der Waals surface area contributed by atoms with Gasteiger partial charge in [0.15, 0.2) is 0 Å². The average molecular weight is 299 g/mol. The summed E-state index contributed by atoms with van der Waals surface area (Å²) in [5, 5.41) is 6.68. The number of benzene rings is 1. The van der Waals surface area contributed by atoms with Crippen molar-refractivity contribution < 1.29 is 9.59 Å². The number of hydrogen-bond donors (Lipinski definition) is 1. The quantitative estimate of drug-likeness (QED) is 0.853. The van der Waals surface area contributed by atoms with Crippen molar-refractivity contribution in [3.63, 3.8) is 0 Å². The molecule has 3 rings (SSSR count). The van der Waals surface area contributed by atoms with Gasteiger partial charge in [-0.1, -0.05) is 12.1 Å². The highest BCUT2D eigenvalue weighted by molar-refractivity contribution is 6.39. The highest BCUT2D eigenvalue weighted by Crippen LogP contribution is 2.12. The first-order valence-electron chi connectivity index (χ1n) is 7.24. The van der Waals surface area contributed by atoms with Crippen molar-refractivity contribution in [2.45, 2.75) is 19.4 Å². The zero-order valence-corrected chi connectivity index (χ0v) is 12.1.